The molecule has 0 aromatic heterocycles. The van der Waals surface area contributed by atoms with Crippen LogP contribution in [0.3, 0.4) is 0 Å². The van der Waals surface area contributed by atoms with E-state index >= 15 is 0 Å². The summed E-state index contributed by atoms with van der Waals surface area (Å²) in [6, 6.07) is 11.4. The number of carbonyl (C=O) groups excluding carboxylic acids is 3. The molecule has 0 radical (unpaired) electrons. The third kappa shape index (κ3) is 5.44. The Bertz CT molecular complexity index is 1060. The SMILES string of the molecule is Cc1ccc(N2CC(C(=O)N3CCN(CCNC(=O)c4ccc(F)cc4)CC3)CC2=O)cc1C. The van der Waals surface area contributed by atoms with E-state index in [0.717, 1.165) is 24.3 Å². The zero-order valence-corrected chi connectivity index (χ0v) is 19.7. The number of nitrogens with zero attached hydrogens (tertiary/aromatic N) is 3. The third-order valence-electron chi connectivity index (χ3n) is 6.78. The van der Waals surface area contributed by atoms with Gasteiger partial charge in [-0.2, -0.15) is 0 Å². The van der Waals surface area contributed by atoms with Crippen molar-refractivity contribution in [1.29, 1.82) is 0 Å². The van der Waals surface area contributed by atoms with Crippen molar-refractivity contribution in [3.8, 4) is 0 Å². The zero-order valence-electron chi connectivity index (χ0n) is 19.7. The van der Waals surface area contributed by atoms with Gasteiger partial charge in [0.05, 0.1) is 5.92 Å². The Balaban J connectivity index is 1.22. The van der Waals surface area contributed by atoms with Gasteiger partial charge in [0.25, 0.3) is 5.91 Å². The first kappa shape index (κ1) is 23.9. The smallest absolute Gasteiger partial charge is 0.251 e. The Morgan fingerprint density at radius 1 is 1.00 bits per heavy atom. The lowest BCUT2D eigenvalue weighted by Crippen LogP contribution is -2.51. The standard InChI is InChI=1S/C26H31FN4O3/c1-18-3-8-23(15-19(18)2)31-17-21(16-24(31)32)26(34)30-13-11-29(12-14-30)10-9-28-25(33)20-4-6-22(27)7-5-20/h3-8,15,21H,9-14,16-17H2,1-2H3,(H,28,33). The molecule has 2 heterocycles. The summed E-state index contributed by atoms with van der Waals surface area (Å²) in [7, 11) is 0. The van der Waals surface area contributed by atoms with Crippen molar-refractivity contribution in [3.63, 3.8) is 0 Å². The van der Waals surface area contributed by atoms with E-state index in [2.05, 4.69) is 10.2 Å². The average molecular weight is 467 g/mol. The molecule has 1 atom stereocenters. The molecule has 3 amide bonds. The van der Waals surface area contributed by atoms with Gasteiger partial charge in [0, 0.05) is 63.5 Å². The summed E-state index contributed by atoms with van der Waals surface area (Å²) in [4.78, 5) is 43.6. The van der Waals surface area contributed by atoms with E-state index in [1.807, 2.05) is 36.9 Å². The van der Waals surface area contributed by atoms with Crippen molar-refractivity contribution < 1.29 is 18.8 Å². The van der Waals surface area contributed by atoms with E-state index in [4.69, 9.17) is 0 Å². The van der Waals surface area contributed by atoms with Gasteiger partial charge in [0.1, 0.15) is 5.82 Å². The van der Waals surface area contributed by atoms with Gasteiger partial charge in [-0.25, -0.2) is 4.39 Å². The molecule has 2 aromatic rings. The molecule has 7 nitrogen and oxygen atoms in total. The summed E-state index contributed by atoms with van der Waals surface area (Å²) in [5.74, 6) is -0.867. The normalized spacial score (nSPS) is 18.9. The second-order valence-corrected chi connectivity index (χ2v) is 9.10. The van der Waals surface area contributed by atoms with Gasteiger partial charge in [-0.05, 0) is 61.4 Å². The first-order valence-electron chi connectivity index (χ1n) is 11.7. The van der Waals surface area contributed by atoms with Crippen LogP contribution in [0.25, 0.3) is 0 Å². The fourth-order valence-corrected chi connectivity index (χ4v) is 4.50. The van der Waals surface area contributed by atoms with Crippen LogP contribution in [-0.4, -0.2) is 73.3 Å². The summed E-state index contributed by atoms with van der Waals surface area (Å²) in [6.07, 6.45) is 0.251. The predicted molar refractivity (Wildman–Crippen MR) is 128 cm³/mol. The fourth-order valence-electron chi connectivity index (χ4n) is 4.50. The van der Waals surface area contributed by atoms with Gasteiger partial charge in [0.2, 0.25) is 11.8 Å². The van der Waals surface area contributed by atoms with Crippen molar-refractivity contribution in [3.05, 3.63) is 65.0 Å². The summed E-state index contributed by atoms with van der Waals surface area (Å²) in [5, 5.41) is 2.85. The second-order valence-electron chi connectivity index (χ2n) is 9.10. The van der Waals surface area contributed by atoms with Gasteiger partial charge >= 0.3 is 0 Å². The van der Waals surface area contributed by atoms with Gasteiger partial charge in [-0.3, -0.25) is 19.3 Å². The van der Waals surface area contributed by atoms with Crippen LogP contribution in [0.15, 0.2) is 42.5 Å². The molecule has 0 saturated carbocycles. The summed E-state index contributed by atoms with van der Waals surface area (Å²) >= 11 is 0. The quantitative estimate of drug-likeness (QED) is 0.710. The van der Waals surface area contributed by atoms with E-state index in [-0.39, 0.29) is 35.9 Å². The molecule has 0 bridgehead atoms. The summed E-state index contributed by atoms with van der Waals surface area (Å²) < 4.78 is 13.0. The number of piperazine rings is 1. The zero-order chi connectivity index (χ0) is 24.2. The Kier molecular flexibility index (Phi) is 7.26. The highest BCUT2D eigenvalue weighted by Gasteiger charge is 2.38. The molecular formula is C26H31FN4O3. The lowest BCUT2D eigenvalue weighted by molar-refractivity contribution is -0.137. The number of rotatable bonds is 6. The maximum absolute atomic E-state index is 13.1. The Morgan fingerprint density at radius 3 is 2.38 bits per heavy atom. The molecule has 0 aliphatic carbocycles. The van der Waals surface area contributed by atoms with Gasteiger partial charge in [-0.1, -0.05) is 6.07 Å². The van der Waals surface area contributed by atoms with Crippen molar-refractivity contribution in [1.82, 2.24) is 15.1 Å². The van der Waals surface area contributed by atoms with E-state index < -0.39 is 0 Å². The molecule has 34 heavy (non-hydrogen) atoms. The highest BCUT2D eigenvalue weighted by molar-refractivity contribution is 6.00. The number of hydrogen-bond donors (Lipinski definition) is 1. The lowest BCUT2D eigenvalue weighted by Gasteiger charge is -2.35. The monoisotopic (exact) mass is 466 g/mol. The molecule has 180 valence electrons. The minimum Gasteiger partial charge on any atom is -0.351 e. The van der Waals surface area contributed by atoms with E-state index in [1.165, 1.54) is 29.8 Å². The molecule has 0 spiro atoms. The number of anilines is 1. The second kappa shape index (κ2) is 10.3. The van der Waals surface area contributed by atoms with Crippen molar-refractivity contribution >= 4 is 23.4 Å². The van der Waals surface area contributed by atoms with Crippen molar-refractivity contribution in [2.24, 2.45) is 5.92 Å². The average Bonchev–Trinajstić information content (AvgIpc) is 3.22. The molecule has 2 aliphatic rings. The molecule has 2 saturated heterocycles. The maximum Gasteiger partial charge on any atom is 0.251 e. The number of halogens is 1. The van der Waals surface area contributed by atoms with Gasteiger partial charge in [0.15, 0.2) is 0 Å². The van der Waals surface area contributed by atoms with E-state index in [9.17, 15) is 18.8 Å². The number of amides is 3. The van der Waals surface area contributed by atoms with Crippen molar-refractivity contribution in [2.45, 2.75) is 20.3 Å². The van der Waals surface area contributed by atoms with Crippen LogP contribution < -0.4 is 10.2 Å². The molecule has 2 aliphatic heterocycles. The Morgan fingerprint density at radius 2 is 1.71 bits per heavy atom. The molecule has 8 heteroatoms. The lowest BCUT2D eigenvalue weighted by atomic mass is 10.1. The third-order valence-corrected chi connectivity index (χ3v) is 6.78. The van der Waals surface area contributed by atoms with Gasteiger partial charge in [-0.15, -0.1) is 0 Å². The van der Waals surface area contributed by atoms with Crippen LogP contribution in [0.5, 0.6) is 0 Å². The molecule has 1 unspecified atom stereocenters. The van der Waals surface area contributed by atoms with Crippen LogP contribution in [0.2, 0.25) is 0 Å². The van der Waals surface area contributed by atoms with E-state index in [0.29, 0.717) is 38.3 Å². The van der Waals surface area contributed by atoms with Crippen LogP contribution in [-0.2, 0) is 9.59 Å². The largest absolute Gasteiger partial charge is 0.351 e. The fraction of sp³-hybridized carbons (Fsp3) is 0.423. The van der Waals surface area contributed by atoms with Crippen LogP contribution >= 0.6 is 0 Å². The number of hydrogen-bond acceptors (Lipinski definition) is 4. The highest BCUT2D eigenvalue weighted by atomic mass is 19.1. The van der Waals surface area contributed by atoms with Crippen LogP contribution in [0.1, 0.15) is 27.9 Å². The van der Waals surface area contributed by atoms with E-state index in [1.54, 1.807) is 4.90 Å². The summed E-state index contributed by atoms with van der Waals surface area (Å²) in [6.45, 7) is 8.31. The number of carbonyl (C=O) groups is 3. The molecule has 4 rings (SSSR count). The van der Waals surface area contributed by atoms with Gasteiger partial charge < -0.3 is 15.1 Å². The van der Waals surface area contributed by atoms with Crippen molar-refractivity contribution in [2.75, 3.05) is 50.7 Å². The van der Waals surface area contributed by atoms with Crippen LogP contribution in [0.4, 0.5) is 10.1 Å². The molecule has 2 fully saturated rings. The highest BCUT2D eigenvalue weighted by Crippen LogP contribution is 2.28. The summed E-state index contributed by atoms with van der Waals surface area (Å²) in [5.41, 5.74) is 3.59. The number of benzene rings is 2. The predicted octanol–water partition coefficient (Wildman–Crippen LogP) is 2.37. The number of nitrogens with one attached hydrogen (secondary N) is 1. The molecular weight excluding hydrogens is 435 g/mol. The topological polar surface area (TPSA) is 73.0 Å². The molecule has 2 aromatic carbocycles. The maximum atomic E-state index is 13.1. The van der Waals surface area contributed by atoms with Crippen LogP contribution in [0, 0.1) is 25.6 Å². The Hall–Kier alpha value is -3.26. The first-order valence-corrected chi connectivity index (χ1v) is 11.7. The first-order chi connectivity index (χ1) is 16.3. The Labute approximate surface area is 199 Å². The molecule has 1 N–H and O–H groups in total. The minimum absolute atomic E-state index is 0.00265. The number of aryl methyl sites for hydroxylation is 2. The minimum atomic E-state index is -0.371.